The zero-order valence-corrected chi connectivity index (χ0v) is 17.0. The Morgan fingerprint density at radius 2 is 1.81 bits per heavy atom. The van der Waals surface area contributed by atoms with E-state index in [1.54, 1.807) is 24.1 Å². The molecule has 0 radical (unpaired) electrons. The van der Waals surface area contributed by atoms with Crippen LogP contribution in [0.4, 0.5) is 0 Å². The number of amides is 1. The highest BCUT2D eigenvalue weighted by Crippen LogP contribution is 2.15. The molecular formula is C18H28N2O6S. The fraction of sp³-hybridized carbons (Fsp3) is 0.667. The summed E-state index contributed by atoms with van der Waals surface area (Å²) in [5.41, 5.74) is 0.241. The lowest BCUT2D eigenvalue weighted by Crippen LogP contribution is -2.32. The van der Waals surface area contributed by atoms with E-state index < -0.39 is 5.97 Å². The molecule has 0 saturated heterocycles. The first kappa shape index (κ1) is 23.0. The van der Waals surface area contributed by atoms with E-state index in [9.17, 15) is 14.4 Å². The average Bonchev–Trinajstić information content (AvgIpc) is 3.11. The molecule has 0 unspecified atom stereocenters. The lowest BCUT2D eigenvalue weighted by atomic mass is 10.2. The zero-order chi connectivity index (χ0) is 20.1. The maximum Gasteiger partial charge on any atom is 0.357 e. The summed E-state index contributed by atoms with van der Waals surface area (Å²) in [4.78, 5) is 41.6. The molecule has 0 aliphatic carbocycles. The van der Waals surface area contributed by atoms with Gasteiger partial charge in [0.15, 0.2) is 5.69 Å². The molecule has 0 aliphatic rings. The van der Waals surface area contributed by atoms with Crippen LogP contribution < -0.4 is 0 Å². The van der Waals surface area contributed by atoms with E-state index in [-0.39, 0.29) is 43.6 Å². The van der Waals surface area contributed by atoms with Gasteiger partial charge in [-0.1, -0.05) is 0 Å². The lowest BCUT2D eigenvalue weighted by Gasteiger charge is -2.21. The van der Waals surface area contributed by atoms with Crippen LogP contribution in [0.25, 0.3) is 0 Å². The van der Waals surface area contributed by atoms with Crippen LogP contribution in [0.2, 0.25) is 0 Å². The third kappa shape index (κ3) is 8.96. The van der Waals surface area contributed by atoms with E-state index in [1.807, 2.05) is 6.92 Å². The molecule has 0 fully saturated rings. The highest BCUT2D eigenvalue weighted by molar-refractivity contribution is 7.09. The van der Waals surface area contributed by atoms with Crippen LogP contribution in [0, 0.1) is 0 Å². The third-order valence-corrected chi connectivity index (χ3v) is 4.32. The normalized spacial score (nSPS) is 10.5. The van der Waals surface area contributed by atoms with Gasteiger partial charge >= 0.3 is 11.9 Å². The molecule has 1 aromatic heterocycles. The van der Waals surface area contributed by atoms with Gasteiger partial charge in [-0.05, 0) is 27.2 Å². The fourth-order valence-corrected chi connectivity index (χ4v) is 3.02. The molecule has 8 nitrogen and oxygen atoms in total. The van der Waals surface area contributed by atoms with Crippen molar-refractivity contribution in [3.05, 3.63) is 16.1 Å². The number of hydrogen-bond acceptors (Lipinski definition) is 8. The Balaban J connectivity index is 2.68. The third-order valence-electron chi connectivity index (χ3n) is 3.48. The molecule has 9 heteroatoms. The Labute approximate surface area is 163 Å². The van der Waals surface area contributed by atoms with E-state index in [2.05, 4.69) is 4.98 Å². The first-order valence-corrected chi connectivity index (χ1v) is 10.0. The minimum absolute atomic E-state index is 0.0422. The number of thiazole rings is 1. The molecule has 0 atom stereocenters. The molecule has 27 heavy (non-hydrogen) atoms. The first-order valence-electron chi connectivity index (χ1n) is 9.14. The number of rotatable bonds is 13. The van der Waals surface area contributed by atoms with Gasteiger partial charge in [-0.15, -0.1) is 11.3 Å². The number of nitrogens with zero attached hydrogens (tertiary/aromatic N) is 2. The van der Waals surface area contributed by atoms with Gasteiger partial charge in [-0.25, -0.2) is 9.78 Å². The first-order chi connectivity index (χ1) is 13.0. The summed E-state index contributed by atoms with van der Waals surface area (Å²) in [5.74, 6) is -1.03. The minimum atomic E-state index is -0.475. The summed E-state index contributed by atoms with van der Waals surface area (Å²) in [6.45, 7) is 7.86. The second-order valence-electron chi connectivity index (χ2n) is 5.52. The maximum absolute atomic E-state index is 12.5. The second-order valence-corrected chi connectivity index (χ2v) is 6.46. The maximum atomic E-state index is 12.5. The van der Waals surface area contributed by atoms with Crippen molar-refractivity contribution >= 4 is 29.2 Å². The lowest BCUT2D eigenvalue weighted by molar-refractivity contribution is -0.145. The predicted octanol–water partition coefficient (Wildman–Crippen LogP) is 2.42. The van der Waals surface area contributed by atoms with Crippen LogP contribution >= 0.6 is 11.3 Å². The molecule has 152 valence electrons. The zero-order valence-electron chi connectivity index (χ0n) is 16.2. The monoisotopic (exact) mass is 400 g/mol. The minimum Gasteiger partial charge on any atom is -0.466 e. The largest absolute Gasteiger partial charge is 0.466 e. The van der Waals surface area contributed by atoms with Crippen molar-refractivity contribution in [2.45, 2.75) is 46.6 Å². The number of ether oxygens (including phenoxy) is 3. The number of carbonyl (C=O) groups excluding carboxylic acids is 3. The Morgan fingerprint density at radius 1 is 1.07 bits per heavy atom. The van der Waals surface area contributed by atoms with Crippen LogP contribution in [0.1, 0.15) is 55.5 Å². The summed E-state index contributed by atoms with van der Waals surface area (Å²) in [6.07, 6.45) is 0.791. The van der Waals surface area contributed by atoms with Crippen molar-refractivity contribution in [2.24, 2.45) is 0 Å². The van der Waals surface area contributed by atoms with Gasteiger partial charge in [-0.2, -0.15) is 0 Å². The van der Waals surface area contributed by atoms with Crippen LogP contribution in [-0.2, 0) is 30.3 Å². The standard InChI is InChI=1S/C18H28N2O6S/c1-4-24-11-7-10-20(16(21)8-9-17(22)25-5-2)12-15-19-14(13-27-15)18(23)26-6-3/h13H,4-12H2,1-3H3. The van der Waals surface area contributed by atoms with E-state index in [4.69, 9.17) is 14.2 Å². The van der Waals surface area contributed by atoms with Crippen molar-refractivity contribution in [3.63, 3.8) is 0 Å². The number of hydrogen-bond donors (Lipinski definition) is 0. The summed E-state index contributed by atoms with van der Waals surface area (Å²) >= 11 is 1.30. The highest BCUT2D eigenvalue weighted by Gasteiger charge is 2.19. The molecule has 1 aromatic rings. The fourth-order valence-electron chi connectivity index (χ4n) is 2.24. The van der Waals surface area contributed by atoms with Gasteiger partial charge in [-0.3, -0.25) is 9.59 Å². The smallest absolute Gasteiger partial charge is 0.357 e. The van der Waals surface area contributed by atoms with E-state index in [0.29, 0.717) is 37.8 Å². The van der Waals surface area contributed by atoms with E-state index in [1.165, 1.54) is 11.3 Å². The van der Waals surface area contributed by atoms with E-state index in [0.717, 1.165) is 0 Å². The number of carbonyl (C=O) groups is 3. The van der Waals surface area contributed by atoms with Gasteiger partial charge in [0.05, 0.1) is 26.2 Å². The molecule has 0 aromatic carbocycles. The Bertz CT molecular complexity index is 604. The Morgan fingerprint density at radius 3 is 2.48 bits per heavy atom. The quantitative estimate of drug-likeness (QED) is 0.371. The van der Waals surface area contributed by atoms with Gasteiger partial charge in [0.2, 0.25) is 5.91 Å². The molecule has 0 N–H and O–H groups in total. The van der Waals surface area contributed by atoms with Crippen molar-refractivity contribution in [1.29, 1.82) is 0 Å². The second kappa shape index (κ2) is 13.2. The molecule has 0 bridgehead atoms. The van der Waals surface area contributed by atoms with E-state index >= 15 is 0 Å². The van der Waals surface area contributed by atoms with Crippen molar-refractivity contribution < 1.29 is 28.6 Å². The average molecular weight is 400 g/mol. The summed E-state index contributed by atoms with van der Waals surface area (Å²) < 4.78 is 15.1. The molecule has 0 spiro atoms. The van der Waals surface area contributed by atoms with Crippen LogP contribution in [0.5, 0.6) is 0 Å². The molecule has 1 heterocycles. The SMILES string of the molecule is CCOCCCN(Cc1nc(C(=O)OCC)cs1)C(=O)CCC(=O)OCC. The van der Waals surface area contributed by atoms with Gasteiger partial charge in [0.1, 0.15) is 5.01 Å². The van der Waals surface area contributed by atoms with Crippen LogP contribution in [0.3, 0.4) is 0 Å². The molecule has 1 rings (SSSR count). The van der Waals surface area contributed by atoms with Crippen molar-refractivity contribution in [1.82, 2.24) is 9.88 Å². The predicted molar refractivity (Wildman–Crippen MR) is 100 cm³/mol. The molecule has 0 saturated carbocycles. The van der Waals surface area contributed by atoms with Crippen LogP contribution in [-0.4, -0.2) is 60.7 Å². The number of aromatic nitrogens is 1. The van der Waals surface area contributed by atoms with Gasteiger partial charge in [0.25, 0.3) is 0 Å². The van der Waals surface area contributed by atoms with Crippen LogP contribution in [0.15, 0.2) is 5.38 Å². The number of esters is 2. The molecule has 1 amide bonds. The summed E-state index contributed by atoms with van der Waals surface area (Å²) in [5, 5.41) is 2.26. The molecular weight excluding hydrogens is 372 g/mol. The Hall–Kier alpha value is -2.00. The summed E-state index contributed by atoms with van der Waals surface area (Å²) in [6, 6.07) is 0. The topological polar surface area (TPSA) is 95.0 Å². The highest BCUT2D eigenvalue weighted by atomic mass is 32.1. The molecule has 0 aliphatic heterocycles. The van der Waals surface area contributed by atoms with Crippen molar-refractivity contribution in [3.8, 4) is 0 Å². The van der Waals surface area contributed by atoms with Gasteiger partial charge in [0, 0.05) is 31.6 Å². The van der Waals surface area contributed by atoms with Gasteiger partial charge < -0.3 is 19.1 Å². The van der Waals surface area contributed by atoms with Crippen molar-refractivity contribution in [2.75, 3.05) is 33.0 Å². The summed E-state index contributed by atoms with van der Waals surface area (Å²) in [7, 11) is 0. The Kier molecular flexibility index (Phi) is 11.3.